The van der Waals surface area contributed by atoms with E-state index in [0.717, 1.165) is 12.1 Å². The first kappa shape index (κ1) is 15.2. The summed E-state index contributed by atoms with van der Waals surface area (Å²) >= 11 is 8.57. The summed E-state index contributed by atoms with van der Waals surface area (Å²) in [6.45, 7) is 0. The van der Waals surface area contributed by atoms with Crippen LogP contribution in [-0.2, 0) is 10.0 Å². The zero-order chi connectivity index (χ0) is 14.9. The van der Waals surface area contributed by atoms with Gasteiger partial charge in [-0.05, 0) is 30.3 Å². The van der Waals surface area contributed by atoms with Crippen LogP contribution in [0.4, 0.5) is 14.5 Å². The molecule has 3 nitrogen and oxygen atoms in total. The summed E-state index contributed by atoms with van der Waals surface area (Å²) in [5.74, 6) is -1.87. The summed E-state index contributed by atoms with van der Waals surface area (Å²) in [4.78, 5) is -0.583. The minimum Gasteiger partial charge on any atom is -0.277 e. The second-order valence-electron chi connectivity index (χ2n) is 3.78. The molecule has 8 heteroatoms. The van der Waals surface area contributed by atoms with Gasteiger partial charge in [-0.3, -0.25) is 4.72 Å². The molecule has 0 aliphatic carbocycles. The van der Waals surface area contributed by atoms with E-state index in [1.807, 2.05) is 4.72 Å². The molecule has 0 bridgehead atoms. The van der Waals surface area contributed by atoms with Gasteiger partial charge in [0.2, 0.25) is 0 Å². The number of halogens is 4. The van der Waals surface area contributed by atoms with Crippen molar-refractivity contribution in [1.82, 2.24) is 0 Å². The molecule has 0 aliphatic heterocycles. The molecule has 0 unspecified atom stereocenters. The molecule has 0 saturated heterocycles. The predicted molar refractivity (Wildman–Crippen MR) is 76.3 cm³/mol. The number of sulfonamides is 1. The zero-order valence-electron chi connectivity index (χ0n) is 9.70. The average molecular weight is 383 g/mol. The third-order valence-corrected chi connectivity index (χ3v) is 4.56. The number of nitrogens with one attached hydrogen (secondary N) is 1. The van der Waals surface area contributed by atoms with Crippen LogP contribution >= 0.6 is 27.5 Å². The zero-order valence-corrected chi connectivity index (χ0v) is 12.9. The van der Waals surface area contributed by atoms with Crippen LogP contribution in [0.1, 0.15) is 0 Å². The lowest BCUT2D eigenvalue weighted by molar-refractivity contribution is 0.569. The fourth-order valence-electron chi connectivity index (χ4n) is 1.48. The number of benzene rings is 2. The van der Waals surface area contributed by atoms with Crippen molar-refractivity contribution in [2.45, 2.75) is 4.90 Å². The van der Waals surface area contributed by atoms with Crippen molar-refractivity contribution in [2.24, 2.45) is 0 Å². The first-order valence-electron chi connectivity index (χ1n) is 5.23. The van der Waals surface area contributed by atoms with E-state index < -0.39 is 26.6 Å². The molecule has 106 valence electrons. The van der Waals surface area contributed by atoms with E-state index in [0.29, 0.717) is 4.47 Å². The highest BCUT2D eigenvalue weighted by molar-refractivity contribution is 9.10. The summed E-state index contributed by atoms with van der Waals surface area (Å²) in [6, 6.07) is 7.28. The van der Waals surface area contributed by atoms with Crippen molar-refractivity contribution >= 4 is 43.2 Å². The summed E-state index contributed by atoms with van der Waals surface area (Å²) in [6.07, 6.45) is 0. The molecular weight excluding hydrogens is 376 g/mol. The Labute approximate surface area is 127 Å². The SMILES string of the molecule is O=S(=O)(Nc1cccc(Cl)c1F)c1ccc(Br)cc1F. The molecule has 1 N–H and O–H groups in total. The molecule has 0 fully saturated rings. The normalized spacial score (nSPS) is 11.4. The first-order valence-corrected chi connectivity index (χ1v) is 7.88. The molecule has 0 spiro atoms. The lowest BCUT2D eigenvalue weighted by Crippen LogP contribution is -2.15. The van der Waals surface area contributed by atoms with Gasteiger partial charge >= 0.3 is 0 Å². The molecule has 0 radical (unpaired) electrons. The molecule has 0 aromatic heterocycles. The van der Waals surface area contributed by atoms with Crippen molar-refractivity contribution in [3.63, 3.8) is 0 Å². The average Bonchev–Trinajstić information content (AvgIpc) is 2.34. The van der Waals surface area contributed by atoms with Crippen molar-refractivity contribution in [3.8, 4) is 0 Å². The lowest BCUT2D eigenvalue weighted by Gasteiger charge is -2.10. The van der Waals surface area contributed by atoms with Crippen molar-refractivity contribution < 1.29 is 17.2 Å². The minimum absolute atomic E-state index is 0.235. The van der Waals surface area contributed by atoms with E-state index in [9.17, 15) is 17.2 Å². The van der Waals surface area contributed by atoms with Crippen molar-refractivity contribution in [1.29, 1.82) is 0 Å². The van der Waals surface area contributed by atoms with Gasteiger partial charge in [0, 0.05) is 4.47 Å². The van der Waals surface area contributed by atoms with Gasteiger partial charge in [0.1, 0.15) is 10.7 Å². The van der Waals surface area contributed by atoms with Crippen LogP contribution < -0.4 is 4.72 Å². The summed E-state index contributed by atoms with van der Waals surface area (Å²) in [7, 11) is -4.24. The van der Waals surface area contributed by atoms with Gasteiger partial charge in [-0.15, -0.1) is 0 Å². The van der Waals surface area contributed by atoms with Crippen LogP contribution in [0.3, 0.4) is 0 Å². The maximum absolute atomic E-state index is 13.7. The van der Waals surface area contributed by atoms with E-state index in [4.69, 9.17) is 11.6 Å². The topological polar surface area (TPSA) is 46.2 Å². The Bertz CT molecular complexity index is 768. The summed E-state index contributed by atoms with van der Waals surface area (Å²) in [5, 5.41) is -0.235. The fourth-order valence-corrected chi connectivity index (χ4v) is 3.10. The second kappa shape index (κ2) is 5.67. The summed E-state index contributed by atoms with van der Waals surface area (Å²) < 4.78 is 53.7. The Kier molecular flexibility index (Phi) is 4.31. The quantitative estimate of drug-likeness (QED) is 0.865. The number of hydrogen-bond acceptors (Lipinski definition) is 2. The van der Waals surface area contributed by atoms with E-state index in [2.05, 4.69) is 15.9 Å². The second-order valence-corrected chi connectivity index (χ2v) is 6.76. The predicted octanol–water partition coefficient (Wildman–Crippen LogP) is 4.18. The van der Waals surface area contributed by atoms with Crippen LogP contribution in [-0.4, -0.2) is 8.42 Å². The molecule has 2 aromatic rings. The van der Waals surface area contributed by atoms with Gasteiger partial charge in [-0.1, -0.05) is 33.6 Å². The highest BCUT2D eigenvalue weighted by Crippen LogP contribution is 2.26. The lowest BCUT2D eigenvalue weighted by atomic mass is 10.3. The Morgan fingerprint density at radius 2 is 1.85 bits per heavy atom. The number of anilines is 1. The fraction of sp³-hybridized carbons (Fsp3) is 0. The highest BCUT2D eigenvalue weighted by Gasteiger charge is 2.21. The van der Waals surface area contributed by atoms with E-state index in [-0.39, 0.29) is 10.7 Å². The van der Waals surface area contributed by atoms with Crippen LogP contribution in [0.5, 0.6) is 0 Å². The minimum atomic E-state index is -4.24. The molecule has 0 saturated carbocycles. The van der Waals surface area contributed by atoms with Gasteiger partial charge in [0.25, 0.3) is 10.0 Å². The van der Waals surface area contributed by atoms with Gasteiger partial charge in [0.15, 0.2) is 5.82 Å². The first-order chi connectivity index (χ1) is 9.31. The molecule has 20 heavy (non-hydrogen) atoms. The Morgan fingerprint density at radius 1 is 1.15 bits per heavy atom. The van der Waals surface area contributed by atoms with E-state index in [1.165, 1.54) is 24.3 Å². The van der Waals surface area contributed by atoms with Crippen molar-refractivity contribution in [2.75, 3.05) is 4.72 Å². The standard InChI is InChI=1S/C12H7BrClF2NO2S/c13-7-4-5-11(9(15)6-7)20(18,19)17-10-3-1-2-8(14)12(10)16/h1-6,17H. The molecule has 0 atom stereocenters. The number of rotatable bonds is 3. The van der Waals surface area contributed by atoms with Gasteiger partial charge in [-0.2, -0.15) is 0 Å². The van der Waals surface area contributed by atoms with E-state index in [1.54, 1.807) is 0 Å². The maximum Gasteiger partial charge on any atom is 0.264 e. The van der Waals surface area contributed by atoms with Crippen molar-refractivity contribution in [3.05, 3.63) is 57.5 Å². The van der Waals surface area contributed by atoms with Gasteiger partial charge < -0.3 is 0 Å². The molecule has 2 rings (SSSR count). The molecule has 0 heterocycles. The third-order valence-electron chi connectivity index (χ3n) is 2.38. The van der Waals surface area contributed by atoms with E-state index >= 15 is 0 Å². The van der Waals surface area contributed by atoms with Crippen LogP contribution in [0.2, 0.25) is 5.02 Å². The number of hydrogen-bond donors (Lipinski definition) is 1. The van der Waals surface area contributed by atoms with Crippen LogP contribution in [0, 0.1) is 11.6 Å². The van der Waals surface area contributed by atoms with Gasteiger partial charge in [-0.25, -0.2) is 17.2 Å². The maximum atomic E-state index is 13.7. The molecule has 0 amide bonds. The highest BCUT2D eigenvalue weighted by atomic mass is 79.9. The smallest absolute Gasteiger partial charge is 0.264 e. The third kappa shape index (κ3) is 3.11. The molecule has 0 aliphatic rings. The monoisotopic (exact) mass is 381 g/mol. The summed E-state index contributed by atoms with van der Waals surface area (Å²) in [5.41, 5.74) is -0.347. The molecular formula is C12H7BrClF2NO2S. The Hall–Kier alpha value is -1.18. The Morgan fingerprint density at radius 3 is 2.50 bits per heavy atom. The Balaban J connectivity index is 2.44. The van der Waals surface area contributed by atoms with Crippen LogP contribution in [0.25, 0.3) is 0 Å². The van der Waals surface area contributed by atoms with Gasteiger partial charge in [0.05, 0.1) is 10.7 Å². The van der Waals surface area contributed by atoms with Crippen LogP contribution in [0.15, 0.2) is 45.8 Å². The largest absolute Gasteiger partial charge is 0.277 e. The molecule has 2 aromatic carbocycles.